The van der Waals surface area contributed by atoms with Gasteiger partial charge in [0.1, 0.15) is 11.6 Å². The lowest BCUT2D eigenvalue weighted by Gasteiger charge is -2.16. The average Bonchev–Trinajstić information content (AvgIpc) is 3.09. The van der Waals surface area contributed by atoms with E-state index in [1.54, 1.807) is 30.6 Å². The molecular weight excluding hydrogens is 456 g/mol. The van der Waals surface area contributed by atoms with Gasteiger partial charge in [-0.2, -0.15) is 5.10 Å². The van der Waals surface area contributed by atoms with Crippen LogP contribution in [-0.2, 0) is 0 Å². The topological polar surface area (TPSA) is 102 Å². The van der Waals surface area contributed by atoms with E-state index in [0.29, 0.717) is 17.3 Å². The molecule has 0 bridgehead atoms. The Balaban J connectivity index is 0.00000261. The van der Waals surface area contributed by atoms with Gasteiger partial charge in [0.25, 0.3) is 0 Å². The summed E-state index contributed by atoms with van der Waals surface area (Å²) in [7, 11) is 0. The van der Waals surface area contributed by atoms with Crippen LogP contribution in [0.1, 0.15) is 11.9 Å². The molecule has 1 atom stereocenters. The largest absolute Gasteiger partial charge is 0.573 e. The van der Waals surface area contributed by atoms with Gasteiger partial charge in [-0.1, -0.05) is 6.07 Å². The molecule has 13 heteroatoms. The van der Waals surface area contributed by atoms with Crippen LogP contribution in [-0.4, -0.2) is 33.1 Å². The first-order valence-electron chi connectivity index (χ1n) is 7.60. The minimum atomic E-state index is -4.75. The Bertz CT molecular complexity index is 866. The standard InChI is InChI=1S/C16H15F3N6O.3ClH/c17-16(18,19)26-12-3-1-2-11(8-12)22-13(9-20)15-23-14(24-25-15)10-4-6-21-7-5-10;;;/h1-8,13,22H,9,20H2,(H,23,24,25);3*1H. The van der Waals surface area contributed by atoms with E-state index in [1.165, 1.54) is 18.2 Å². The van der Waals surface area contributed by atoms with Gasteiger partial charge in [0.15, 0.2) is 5.82 Å². The Labute approximate surface area is 182 Å². The van der Waals surface area contributed by atoms with Crippen molar-refractivity contribution in [1.82, 2.24) is 20.2 Å². The van der Waals surface area contributed by atoms with Crippen molar-refractivity contribution in [2.75, 3.05) is 11.9 Å². The summed E-state index contributed by atoms with van der Waals surface area (Å²) in [4.78, 5) is 8.31. The summed E-state index contributed by atoms with van der Waals surface area (Å²) in [5.74, 6) is 0.603. The van der Waals surface area contributed by atoms with Crippen molar-refractivity contribution in [3.8, 4) is 17.1 Å². The van der Waals surface area contributed by atoms with Crippen LogP contribution in [0.2, 0.25) is 0 Å². The second-order valence-electron chi connectivity index (χ2n) is 5.29. The van der Waals surface area contributed by atoms with Crippen LogP contribution in [0, 0.1) is 0 Å². The van der Waals surface area contributed by atoms with Gasteiger partial charge in [-0.3, -0.25) is 10.1 Å². The van der Waals surface area contributed by atoms with E-state index in [1.807, 2.05) is 0 Å². The van der Waals surface area contributed by atoms with Gasteiger partial charge >= 0.3 is 6.36 Å². The number of nitrogens with one attached hydrogen (secondary N) is 2. The van der Waals surface area contributed by atoms with Crippen molar-refractivity contribution in [3.05, 3.63) is 54.6 Å². The summed E-state index contributed by atoms with van der Waals surface area (Å²) < 4.78 is 40.9. The zero-order valence-corrected chi connectivity index (χ0v) is 17.0. The summed E-state index contributed by atoms with van der Waals surface area (Å²) in [6.07, 6.45) is -1.51. The number of anilines is 1. The summed E-state index contributed by atoms with van der Waals surface area (Å²) in [5, 5.41) is 9.94. The van der Waals surface area contributed by atoms with Crippen LogP contribution in [0.15, 0.2) is 48.8 Å². The molecule has 0 spiro atoms. The second kappa shape index (κ2) is 11.7. The van der Waals surface area contributed by atoms with Crippen LogP contribution < -0.4 is 15.8 Å². The predicted molar refractivity (Wildman–Crippen MR) is 110 cm³/mol. The number of rotatable bonds is 6. The third-order valence-corrected chi connectivity index (χ3v) is 3.42. The molecule has 2 heterocycles. The number of nitrogens with zero attached hydrogens (tertiary/aromatic N) is 3. The fourth-order valence-corrected chi connectivity index (χ4v) is 2.28. The summed E-state index contributed by atoms with van der Waals surface area (Å²) in [5.41, 5.74) is 6.95. The van der Waals surface area contributed by atoms with Crippen molar-refractivity contribution in [2.24, 2.45) is 5.73 Å². The zero-order chi connectivity index (χ0) is 18.6. The first kappa shape index (κ1) is 26.7. The molecule has 0 aliphatic heterocycles. The van der Waals surface area contributed by atoms with Crippen molar-refractivity contribution in [2.45, 2.75) is 12.4 Å². The molecule has 1 unspecified atom stereocenters. The molecule has 1 aromatic carbocycles. The molecular formula is C16H18Cl3F3N6O. The number of benzene rings is 1. The van der Waals surface area contributed by atoms with Gasteiger partial charge in [0.05, 0.1) is 6.04 Å². The summed E-state index contributed by atoms with van der Waals surface area (Å²) >= 11 is 0. The average molecular weight is 474 g/mol. The zero-order valence-electron chi connectivity index (χ0n) is 14.6. The number of pyridine rings is 1. The molecule has 2 aromatic heterocycles. The van der Waals surface area contributed by atoms with Crippen LogP contribution in [0.25, 0.3) is 11.4 Å². The molecule has 4 N–H and O–H groups in total. The normalized spacial score (nSPS) is 11.3. The Morgan fingerprint density at radius 1 is 1.10 bits per heavy atom. The number of aromatic amines is 1. The minimum Gasteiger partial charge on any atom is -0.406 e. The highest BCUT2D eigenvalue weighted by Gasteiger charge is 2.31. The second-order valence-corrected chi connectivity index (χ2v) is 5.29. The number of H-pyrrole nitrogens is 1. The number of aromatic nitrogens is 4. The van der Waals surface area contributed by atoms with Crippen LogP contribution >= 0.6 is 37.2 Å². The number of ether oxygens (including phenoxy) is 1. The quantitative estimate of drug-likeness (QED) is 0.497. The van der Waals surface area contributed by atoms with Crippen LogP contribution in [0.5, 0.6) is 5.75 Å². The van der Waals surface area contributed by atoms with E-state index in [4.69, 9.17) is 5.73 Å². The molecule has 0 aliphatic carbocycles. The number of alkyl halides is 3. The maximum absolute atomic E-state index is 12.3. The van der Waals surface area contributed by atoms with Gasteiger partial charge < -0.3 is 15.8 Å². The van der Waals surface area contributed by atoms with E-state index in [9.17, 15) is 13.2 Å². The van der Waals surface area contributed by atoms with E-state index >= 15 is 0 Å². The Hall–Kier alpha value is -2.27. The number of nitrogens with two attached hydrogens (primary N) is 1. The smallest absolute Gasteiger partial charge is 0.406 e. The van der Waals surface area contributed by atoms with Gasteiger partial charge in [-0.25, -0.2) is 4.98 Å². The van der Waals surface area contributed by atoms with E-state index < -0.39 is 12.4 Å². The molecule has 160 valence electrons. The van der Waals surface area contributed by atoms with E-state index in [-0.39, 0.29) is 49.5 Å². The number of hydrogen-bond acceptors (Lipinski definition) is 6. The molecule has 0 amide bonds. The van der Waals surface area contributed by atoms with Gasteiger partial charge in [-0.05, 0) is 24.3 Å². The highest BCUT2D eigenvalue weighted by molar-refractivity contribution is 5.86. The van der Waals surface area contributed by atoms with E-state index in [2.05, 4.69) is 30.2 Å². The molecule has 3 aromatic rings. The Morgan fingerprint density at radius 3 is 2.41 bits per heavy atom. The third kappa shape index (κ3) is 7.58. The molecule has 0 saturated heterocycles. The fraction of sp³-hybridized carbons (Fsp3) is 0.188. The fourth-order valence-electron chi connectivity index (χ4n) is 2.28. The number of hydrogen-bond donors (Lipinski definition) is 3. The van der Waals surface area contributed by atoms with Gasteiger partial charge in [-0.15, -0.1) is 50.4 Å². The molecule has 0 aliphatic rings. The molecule has 0 fully saturated rings. The molecule has 29 heavy (non-hydrogen) atoms. The summed E-state index contributed by atoms with van der Waals surface area (Å²) in [6, 6.07) is 8.54. The monoisotopic (exact) mass is 472 g/mol. The van der Waals surface area contributed by atoms with Crippen molar-refractivity contribution in [1.29, 1.82) is 0 Å². The molecule has 3 rings (SSSR count). The lowest BCUT2D eigenvalue weighted by molar-refractivity contribution is -0.274. The van der Waals surface area contributed by atoms with Crippen molar-refractivity contribution >= 4 is 42.9 Å². The maximum Gasteiger partial charge on any atom is 0.573 e. The number of halogens is 6. The minimum absolute atomic E-state index is 0. The molecule has 0 saturated carbocycles. The maximum atomic E-state index is 12.3. The lowest BCUT2D eigenvalue weighted by atomic mass is 10.2. The van der Waals surface area contributed by atoms with E-state index in [0.717, 1.165) is 5.56 Å². The van der Waals surface area contributed by atoms with Crippen molar-refractivity contribution in [3.63, 3.8) is 0 Å². The van der Waals surface area contributed by atoms with Crippen molar-refractivity contribution < 1.29 is 17.9 Å². The predicted octanol–water partition coefficient (Wildman–Crippen LogP) is 4.14. The highest BCUT2D eigenvalue weighted by atomic mass is 35.5. The van der Waals surface area contributed by atoms with Crippen LogP contribution in [0.3, 0.4) is 0 Å². The SMILES string of the molecule is Cl.Cl.Cl.NCC(Nc1cccc(OC(F)(F)F)c1)c1nc(-c2ccncc2)n[nH]1. The van der Waals surface area contributed by atoms with Gasteiger partial charge in [0, 0.05) is 36.3 Å². The lowest BCUT2D eigenvalue weighted by Crippen LogP contribution is -2.22. The first-order chi connectivity index (χ1) is 12.4. The van der Waals surface area contributed by atoms with Gasteiger partial charge in [0.2, 0.25) is 0 Å². The first-order valence-corrected chi connectivity index (χ1v) is 7.60. The molecule has 7 nitrogen and oxygen atoms in total. The Kier molecular flexibility index (Phi) is 10.8. The summed E-state index contributed by atoms with van der Waals surface area (Å²) in [6.45, 7) is 0.148. The highest BCUT2D eigenvalue weighted by Crippen LogP contribution is 2.26. The molecule has 0 radical (unpaired) electrons. The Morgan fingerprint density at radius 2 is 1.79 bits per heavy atom. The van der Waals surface area contributed by atoms with Crippen LogP contribution in [0.4, 0.5) is 18.9 Å². The third-order valence-electron chi connectivity index (χ3n) is 3.42.